The predicted octanol–water partition coefficient (Wildman–Crippen LogP) is 0.932. The maximum atomic E-state index is 12.9. The highest BCUT2D eigenvalue weighted by atomic mass is 19.1. The number of nitrogens with zero attached hydrogens (tertiary/aromatic N) is 1. The van der Waals surface area contributed by atoms with Gasteiger partial charge in [-0.15, -0.1) is 0 Å². The summed E-state index contributed by atoms with van der Waals surface area (Å²) in [7, 11) is 0. The summed E-state index contributed by atoms with van der Waals surface area (Å²) in [6.07, 6.45) is 0. The van der Waals surface area contributed by atoms with Gasteiger partial charge in [0.1, 0.15) is 17.6 Å². The Hall–Kier alpha value is -2.44. The summed E-state index contributed by atoms with van der Waals surface area (Å²) in [5.74, 6) is -1.73. The molecule has 1 unspecified atom stereocenters. The van der Waals surface area contributed by atoms with Crippen LogP contribution in [0.15, 0.2) is 29.1 Å². The minimum absolute atomic E-state index is 0.134. The summed E-state index contributed by atoms with van der Waals surface area (Å²) in [6, 6.07) is 5.35. The van der Waals surface area contributed by atoms with E-state index in [0.717, 1.165) is 0 Å². The van der Waals surface area contributed by atoms with Crippen molar-refractivity contribution in [3.63, 3.8) is 0 Å². The van der Waals surface area contributed by atoms with Gasteiger partial charge in [-0.2, -0.15) is 5.10 Å². The van der Waals surface area contributed by atoms with Gasteiger partial charge in [0.15, 0.2) is 0 Å². The maximum absolute atomic E-state index is 12.9. The fraction of sp³-hybridized carbons (Fsp3) is 0.250. The van der Waals surface area contributed by atoms with E-state index in [9.17, 15) is 14.0 Å². The van der Waals surface area contributed by atoms with Crippen molar-refractivity contribution in [2.24, 2.45) is 0 Å². The number of nitrogens with one attached hydrogen (secondary N) is 2. The van der Waals surface area contributed by atoms with Crippen LogP contribution >= 0.6 is 0 Å². The van der Waals surface area contributed by atoms with Crippen molar-refractivity contribution < 1.29 is 13.9 Å². The molecule has 0 aliphatic carbocycles. The molecule has 0 bridgehead atoms. The van der Waals surface area contributed by atoms with Crippen molar-refractivity contribution >= 4 is 5.97 Å². The third kappa shape index (κ3) is 2.87. The lowest BCUT2D eigenvalue weighted by Gasteiger charge is -2.13. The minimum Gasteiger partial charge on any atom is -0.465 e. The van der Waals surface area contributed by atoms with E-state index in [0.29, 0.717) is 5.56 Å². The third-order valence-electron chi connectivity index (χ3n) is 2.52. The number of aromatic amines is 2. The number of carbonyl (C=O) groups is 1. The molecule has 0 saturated heterocycles. The summed E-state index contributed by atoms with van der Waals surface area (Å²) in [6.45, 7) is 1.87. The molecule has 2 N–H and O–H groups in total. The third-order valence-corrected chi connectivity index (χ3v) is 2.52. The van der Waals surface area contributed by atoms with Crippen LogP contribution in [0.4, 0.5) is 4.39 Å². The predicted molar refractivity (Wildman–Crippen MR) is 64.1 cm³/mol. The van der Waals surface area contributed by atoms with Gasteiger partial charge < -0.3 is 4.74 Å². The molecule has 100 valence electrons. The zero-order valence-corrected chi connectivity index (χ0v) is 10.1. The van der Waals surface area contributed by atoms with Crippen LogP contribution in [0.1, 0.15) is 24.2 Å². The number of H-pyrrole nitrogens is 2. The molecule has 0 fully saturated rings. The Bertz CT molecular complexity index is 618. The summed E-state index contributed by atoms with van der Waals surface area (Å²) in [4.78, 5) is 25.4. The number of aromatic nitrogens is 3. The summed E-state index contributed by atoms with van der Waals surface area (Å²) in [5.41, 5.74) is -0.0333. The zero-order chi connectivity index (χ0) is 13.8. The van der Waals surface area contributed by atoms with Gasteiger partial charge in [-0.1, -0.05) is 12.1 Å². The van der Waals surface area contributed by atoms with Crippen molar-refractivity contribution in [3.05, 3.63) is 52.0 Å². The average molecular weight is 265 g/mol. The largest absolute Gasteiger partial charge is 0.465 e. The molecule has 7 heteroatoms. The topological polar surface area (TPSA) is 87.8 Å². The molecule has 1 aromatic carbocycles. The normalized spacial score (nSPS) is 12.1. The van der Waals surface area contributed by atoms with Crippen LogP contribution in [0.25, 0.3) is 0 Å². The average Bonchev–Trinajstić information content (AvgIpc) is 2.79. The quantitative estimate of drug-likeness (QED) is 0.805. The molecule has 2 aromatic rings. The van der Waals surface area contributed by atoms with Gasteiger partial charge in [0, 0.05) is 0 Å². The molecule has 19 heavy (non-hydrogen) atoms. The van der Waals surface area contributed by atoms with E-state index in [2.05, 4.69) is 15.2 Å². The molecule has 1 atom stereocenters. The van der Waals surface area contributed by atoms with Gasteiger partial charge in [0.25, 0.3) is 0 Å². The Morgan fingerprint density at radius 3 is 2.63 bits per heavy atom. The molecule has 1 heterocycles. The second kappa shape index (κ2) is 5.47. The second-order valence-corrected chi connectivity index (χ2v) is 3.80. The fourth-order valence-corrected chi connectivity index (χ4v) is 1.71. The molecule has 0 saturated carbocycles. The Labute approximate surface area is 107 Å². The summed E-state index contributed by atoms with van der Waals surface area (Å²) >= 11 is 0. The van der Waals surface area contributed by atoms with Crippen LogP contribution in [0, 0.1) is 5.82 Å². The van der Waals surface area contributed by atoms with Crippen molar-refractivity contribution in [2.75, 3.05) is 6.61 Å². The first kappa shape index (κ1) is 13.0. The zero-order valence-electron chi connectivity index (χ0n) is 10.1. The number of ether oxygens (including phenoxy) is 1. The Morgan fingerprint density at radius 1 is 1.42 bits per heavy atom. The highest BCUT2D eigenvalue weighted by Crippen LogP contribution is 2.22. The van der Waals surface area contributed by atoms with E-state index in [1.54, 1.807) is 6.92 Å². The van der Waals surface area contributed by atoms with Crippen LogP contribution < -0.4 is 5.69 Å². The lowest BCUT2D eigenvalue weighted by Crippen LogP contribution is -2.19. The summed E-state index contributed by atoms with van der Waals surface area (Å²) in [5, 5.41) is 5.91. The minimum atomic E-state index is -0.889. The molecule has 6 nitrogen and oxygen atoms in total. The van der Waals surface area contributed by atoms with E-state index < -0.39 is 23.4 Å². The standard InChI is InChI=1S/C12H12FN3O3/c1-2-19-11(17)9(10-14-12(18)16-15-10)7-3-5-8(13)6-4-7/h3-6,9H,2H2,1H3,(H2,14,15,16,18). The van der Waals surface area contributed by atoms with E-state index in [1.165, 1.54) is 24.3 Å². The van der Waals surface area contributed by atoms with Gasteiger partial charge in [0.2, 0.25) is 0 Å². The molecule has 0 amide bonds. The first-order valence-corrected chi connectivity index (χ1v) is 5.68. The van der Waals surface area contributed by atoms with Crippen LogP contribution in [0.5, 0.6) is 0 Å². The Morgan fingerprint density at radius 2 is 2.11 bits per heavy atom. The Balaban J connectivity index is 2.42. The first-order chi connectivity index (χ1) is 9.11. The van der Waals surface area contributed by atoms with Crippen LogP contribution in [0.3, 0.4) is 0 Å². The van der Waals surface area contributed by atoms with Crippen LogP contribution in [0.2, 0.25) is 0 Å². The number of hydrogen-bond acceptors (Lipinski definition) is 4. The lowest BCUT2D eigenvalue weighted by atomic mass is 9.98. The molecule has 1 aromatic heterocycles. The van der Waals surface area contributed by atoms with E-state index in [-0.39, 0.29) is 12.4 Å². The maximum Gasteiger partial charge on any atom is 0.340 e. The molecular weight excluding hydrogens is 253 g/mol. The highest BCUT2D eigenvalue weighted by molar-refractivity contribution is 5.81. The van der Waals surface area contributed by atoms with Crippen molar-refractivity contribution in [1.29, 1.82) is 0 Å². The SMILES string of the molecule is CCOC(=O)C(c1ccc(F)cc1)c1n[nH]c(=O)[nH]1. The monoisotopic (exact) mass is 265 g/mol. The molecule has 0 spiro atoms. The van der Waals surface area contributed by atoms with Crippen LogP contribution in [-0.2, 0) is 9.53 Å². The number of esters is 1. The molecule has 0 aliphatic heterocycles. The second-order valence-electron chi connectivity index (χ2n) is 3.80. The Kier molecular flexibility index (Phi) is 3.74. The number of halogens is 1. The van der Waals surface area contributed by atoms with Crippen LogP contribution in [-0.4, -0.2) is 27.8 Å². The smallest absolute Gasteiger partial charge is 0.340 e. The highest BCUT2D eigenvalue weighted by Gasteiger charge is 2.27. The van der Waals surface area contributed by atoms with E-state index >= 15 is 0 Å². The number of rotatable bonds is 4. The number of benzene rings is 1. The molecule has 0 radical (unpaired) electrons. The molecule has 0 aliphatic rings. The van der Waals surface area contributed by atoms with E-state index in [1.807, 2.05) is 0 Å². The van der Waals surface area contributed by atoms with Crippen molar-refractivity contribution in [2.45, 2.75) is 12.8 Å². The molecule has 2 rings (SSSR count). The van der Waals surface area contributed by atoms with Crippen molar-refractivity contribution in [1.82, 2.24) is 15.2 Å². The first-order valence-electron chi connectivity index (χ1n) is 5.68. The van der Waals surface area contributed by atoms with Gasteiger partial charge in [0.05, 0.1) is 6.61 Å². The van der Waals surface area contributed by atoms with Gasteiger partial charge in [-0.3, -0.25) is 9.78 Å². The van der Waals surface area contributed by atoms with E-state index in [4.69, 9.17) is 4.74 Å². The lowest BCUT2D eigenvalue weighted by molar-refractivity contribution is -0.144. The van der Waals surface area contributed by atoms with Gasteiger partial charge in [-0.05, 0) is 24.6 Å². The molecular formula is C12H12FN3O3. The van der Waals surface area contributed by atoms with Gasteiger partial charge in [-0.25, -0.2) is 14.3 Å². The number of hydrogen-bond donors (Lipinski definition) is 2. The van der Waals surface area contributed by atoms with Crippen molar-refractivity contribution in [3.8, 4) is 0 Å². The number of carbonyl (C=O) groups excluding carboxylic acids is 1. The fourth-order valence-electron chi connectivity index (χ4n) is 1.71. The summed E-state index contributed by atoms with van der Waals surface area (Å²) < 4.78 is 17.9. The van der Waals surface area contributed by atoms with Gasteiger partial charge >= 0.3 is 11.7 Å².